The molecule has 0 saturated heterocycles. The Morgan fingerprint density at radius 3 is 2.57 bits per heavy atom. The number of hydrogen-bond donors (Lipinski definition) is 1. The molecule has 0 aliphatic heterocycles. The summed E-state index contributed by atoms with van der Waals surface area (Å²) >= 11 is 0. The van der Waals surface area contributed by atoms with Gasteiger partial charge in [0, 0.05) is 43.3 Å². The number of aromatic nitrogens is 2. The van der Waals surface area contributed by atoms with Crippen LogP contribution in [0.3, 0.4) is 0 Å². The molecule has 0 saturated carbocycles. The average molecular weight is 396 g/mol. The predicted octanol–water partition coefficient (Wildman–Crippen LogP) is 4.99. The number of rotatable bonds is 6. The highest BCUT2D eigenvalue weighted by molar-refractivity contribution is 5.91. The number of para-hydroxylation sites is 2. The van der Waals surface area contributed by atoms with Crippen molar-refractivity contribution in [3.8, 4) is 0 Å². The van der Waals surface area contributed by atoms with Gasteiger partial charge in [0.25, 0.3) is 0 Å². The number of amides is 1. The third kappa shape index (κ3) is 4.41. The van der Waals surface area contributed by atoms with Crippen molar-refractivity contribution in [3.05, 3.63) is 96.3 Å². The van der Waals surface area contributed by atoms with Gasteiger partial charge in [-0.2, -0.15) is 0 Å². The molecule has 150 valence electrons. The molecule has 0 atom stereocenters. The van der Waals surface area contributed by atoms with E-state index in [4.69, 9.17) is 0 Å². The molecule has 4 rings (SSSR count). The van der Waals surface area contributed by atoms with Crippen LogP contribution in [0.4, 0.5) is 11.5 Å². The number of benzene rings is 2. The highest BCUT2D eigenvalue weighted by Crippen LogP contribution is 2.19. The zero-order chi connectivity index (χ0) is 20.9. The highest BCUT2D eigenvalue weighted by atomic mass is 16.2. The van der Waals surface area contributed by atoms with Crippen molar-refractivity contribution in [1.82, 2.24) is 14.5 Å². The lowest BCUT2D eigenvalue weighted by atomic mass is 10.2. The molecule has 0 spiro atoms. The van der Waals surface area contributed by atoms with Crippen molar-refractivity contribution < 1.29 is 4.79 Å². The number of nitrogens with zero attached hydrogens (tertiary/aromatic N) is 3. The van der Waals surface area contributed by atoms with E-state index in [-0.39, 0.29) is 5.91 Å². The number of likely N-dealkylation sites (N-methyl/N-ethyl adjacent to an activating group) is 1. The van der Waals surface area contributed by atoms with Gasteiger partial charge in [0.2, 0.25) is 5.91 Å². The molecule has 5 nitrogen and oxygen atoms in total. The van der Waals surface area contributed by atoms with Gasteiger partial charge in [-0.25, -0.2) is 4.98 Å². The Kier molecular flexibility index (Phi) is 5.61. The summed E-state index contributed by atoms with van der Waals surface area (Å²) in [5.74, 6) is 0.712. The van der Waals surface area contributed by atoms with Crippen LogP contribution in [0.2, 0.25) is 0 Å². The maximum absolute atomic E-state index is 12.6. The molecule has 0 unspecified atom stereocenters. The van der Waals surface area contributed by atoms with Gasteiger partial charge < -0.3 is 14.8 Å². The average Bonchev–Trinajstić information content (AvgIpc) is 3.09. The summed E-state index contributed by atoms with van der Waals surface area (Å²) < 4.78 is 2.13. The Hall–Kier alpha value is -3.86. The van der Waals surface area contributed by atoms with Crippen molar-refractivity contribution in [2.24, 2.45) is 7.05 Å². The molecular formula is C25H24N4O. The lowest BCUT2D eigenvalue weighted by Crippen LogP contribution is -2.25. The standard InChI is InChI=1S/C25H24N4O/c1-28(18-22-16-20-8-6-7-11-23(20)29(22)2)25(30)15-13-19-12-14-24(26-17-19)27-21-9-4-3-5-10-21/h3-17H,18H2,1-2H3,(H,26,27). The molecule has 0 radical (unpaired) electrons. The van der Waals surface area contributed by atoms with Crippen molar-refractivity contribution in [2.45, 2.75) is 6.54 Å². The maximum atomic E-state index is 12.6. The van der Waals surface area contributed by atoms with E-state index in [0.29, 0.717) is 6.54 Å². The van der Waals surface area contributed by atoms with Crippen molar-refractivity contribution in [1.29, 1.82) is 0 Å². The summed E-state index contributed by atoms with van der Waals surface area (Å²) in [6.45, 7) is 0.548. The number of nitrogens with one attached hydrogen (secondary N) is 1. The molecule has 2 aromatic carbocycles. The third-order valence-electron chi connectivity index (χ3n) is 5.08. The van der Waals surface area contributed by atoms with Crippen LogP contribution in [0.5, 0.6) is 0 Å². The molecule has 0 aliphatic rings. The normalized spacial score (nSPS) is 11.1. The van der Waals surface area contributed by atoms with Crippen molar-refractivity contribution in [2.75, 3.05) is 12.4 Å². The number of aryl methyl sites for hydroxylation is 1. The van der Waals surface area contributed by atoms with Crippen LogP contribution in [-0.4, -0.2) is 27.4 Å². The number of pyridine rings is 1. The van der Waals surface area contributed by atoms with Crippen LogP contribution >= 0.6 is 0 Å². The van der Waals surface area contributed by atoms with Gasteiger partial charge in [-0.3, -0.25) is 4.79 Å². The molecule has 2 aromatic heterocycles. The molecule has 30 heavy (non-hydrogen) atoms. The monoisotopic (exact) mass is 396 g/mol. The van der Waals surface area contributed by atoms with E-state index in [1.54, 1.807) is 23.2 Å². The smallest absolute Gasteiger partial charge is 0.246 e. The largest absolute Gasteiger partial charge is 0.346 e. The fourth-order valence-corrected chi connectivity index (χ4v) is 3.36. The van der Waals surface area contributed by atoms with Crippen molar-refractivity contribution >= 4 is 34.4 Å². The van der Waals surface area contributed by atoms with Crippen LogP contribution in [0.25, 0.3) is 17.0 Å². The minimum Gasteiger partial charge on any atom is -0.346 e. The summed E-state index contributed by atoms with van der Waals surface area (Å²) in [5, 5.41) is 4.43. The maximum Gasteiger partial charge on any atom is 0.246 e. The molecule has 1 N–H and O–H groups in total. The minimum absolute atomic E-state index is 0.0493. The predicted molar refractivity (Wildman–Crippen MR) is 122 cm³/mol. The SMILES string of the molecule is CN(Cc1cc2ccccc2n1C)C(=O)C=Cc1ccc(Nc2ccccc2)nc1. The van der Waals surface area contributed by atoms with Crippen LogP contribution in [-0.2, 0) is 18.4 Å². The molecule has 1 amide bonds. The Labute approximate surface area is 176 Å². The second-order valence-electron chi connectivity index (χ2n) is 7.25. The van der Waals surface area contributed by atoms with Gasteiger partial charge in [-0.15, -0.1) is 0 Å². The first-order valence-corrected chi connectivity index (χ1v) is 9.85. The fourth-order valence-electron chi connectivity index (χ4n) is 3.36. The minimum atomic E-state index is -0.0493. The Morgan fingerprint density at radius 1 is 1.07 bits per heavy atom. The molecule has 0 bridgehead atoms. The van der Waals surface area contributed by atoms with E-state index in [9.17, 15) is 4.79 Å². The van der Waals surface area contributed by atoms with Gasteiger partial charge in [0.15, 0.2) is 0 Å². The summed E-state index contributed by atoms with van der Waals surface area (Å²) in [6, 6.07) is 24.1. The van der Waals surface area contributed by atoms with E-state index >= 15 is 0 Å². The van der Waals surface area contributed by atoms with Gasteiger partial charge in [0.1, 0.15) is 5.82 Å². The Balaban J connectivity index is 1.38. The second-order valence-corrected chi connectivity index (χ2v) is 7.25. The molecule has 2 heterocycles. The quantitative estimate of drug-likeness (QED) is 0.467. The lowest BCUT2D eigenvalue weighted by molar-refractivity contribution is -0.125. The molecule has 0 fully saturated rings. The van der Waals surface area contributed by atoms with Crippen LogP contribution in [0, 0.1) is 0 Å². The number of anilines is 2. The van der Waals surface area contributed by atoms with Crippen LogP contribution in [0.15, 0.2) is 85.1 Å². The fraction of sp³-hybridized carbons (Fsp3) is 0.120. The van der Waals surface area contributed by atoms with Gasteiger partial charge in [-0.05, 0) is 53.4 Å². The highest BCUT2D eigenvalue weighted by Gasteiger charge is 2.10. The Morgan fingerprint density at radius 2 is 1.83 bits per heavy atom. The molecule has 0 aliphatic carbocycles. The van der Waals surface area contributed by atoms with Crippen LogP contribution < -0.4 is 5.32 Å². The number of carbonyl (C=O) groups is 1. The number of hydrogen-bond acceptors (Lipinski definition) is 3. The molecule has 4 aromatic rings. The number of carbonyl (C=O) groups excluding carboxylic acids is 1. The van der Waals surface area contributed by atoms with Gasteiger partial charge >= 0.3 is 0 Å². The summed E-state index contributed by atoms with van der Waals surface area (Å²) in [4.78, 5) is 18.7. The zero-order valence-electron chi connectivity index (χ0n) is 17.1. The summed E-state index contributed by atoms with van der Waals surface area (Å²) in [7, 11) is 3.85. The van der Waals surface area contributed by atoms with E-state index in [1.807, 2.05) is 68.7 Å². The van der Waals surface area contributed by atoms with Crippen LogP contribution in [0.1, 0.15) is 11.3 Å². The van der Waals surface area contributed by atoms with E-state index in [1.165, 1.54) is 10.9 Å². The van der Waals surface area contributed by atoms with Gasteiger partial charge in [-0.1, -0.05) is 36.4 Å². The van der Waals surface area contributed by atoms with E-state index in [0.717, 1.165) is 22.8 Å². The number of fused-ring (bicyclic) bond motifs is 1. The first-order chi connectivity index (χ1) is 14.6. The van der Waals surface area contributed by atoms with E-state index in [2.05, 4.69) is 33.1 Å². The molecular weight excluding hydrogens is 372 g/mol. The zero-order valence-corrected chi connectivity index (χ0v) is 17.1. The van der Waals surface area contributed by atoms with Gasteiger partial charge in [0.05, 0.1) is 6.54 Å². The summed E-state index contributed by atoms with van der Waals surface area (Å²) in [5.41, 5.74) is 4.12. The Bertz CT molecular complexity index is 1180. The lowest BCUT2D eigenvalue weighted by Gasteiger charge is -2.15. The topological polar surface area (TPSA) is 50.2 Å². The summed E-state index contributed by atoms with van der Waals surface area (Å²) in [6.07, 6.45) is 5.13. The first kappa shape index (κ1) is 19.5. The third-order valence-corrected chi connectivity index (χ3v) is 5.08. The van der Waals surface area contributed by atoms with E-state index < -0.39 is 0 Å². The molecule has 5 heteroatoms. The first-order valence-electron chi connectivity index (χ1n) is 9.85. The van der Waals surface area contributed by atoms with Crippen molar-refractivity contribution in [3.63, 3.8) is 0 Å². The second kappa shape index (κ2) is 8.66.